The molecule has 0 radical (unpaired) electrons. The molecule has 2 aromatic rings. The molecule has 0 bridgehead atoms. The molecule has 0 aliphatic heterocycles. The fourth-order valence-corrected chi connectivity index (χ4v) is 1.97. The van der Waals surface area contributed by atoms with Crippen molar-refractivity contribution >= 4 is 11.7 Å². The van der Waals surface area contributed by atoms with Crippen molar-refractivity contribution in [3.63, 3.8) is 0 Å². The smallest absolute Gasteiger partial charge is 0.247 e. The van der Waals surface area contributed by atoms with Crippen molar-refractivity contribution in [1.29, 1.82) is 0 Å². The zero-order valence-electron chi connectivity index (χ0n) is 12.4. The van der Waals surface area contributed by atoms with E-state index in [1.54, 1.807) is 23.1 Å². The van der Waals surface area contributed by atoms with E-state index in [1.165, 1.54) is 4.68 Å². The number of amides is 1. The summed E-state index contributed by atoms with van der Waals surface area (Å²) in [6.45, 7) is 4.75. The average molecular weight is 291 g/mol. The van der Waals surface area contributed by atoms with Crippen LogP contribution in [0.3, 0.4) is 0 Å². The molecule has 1 amide bonds. The van der Waals surface area contributed by atoms with E-state index in [2.05, 4.69) is 20.7 Å². The summed E-state index contributed by atoms with van der Waals surface area (Å²) in [7, 11) is 0. The molecular formula is C13H21N7O. The molecule has 0 fully saturated rings. The van der Waals surface area contributed by atoms with Gasteiger partial charge < -0.3 is 11.1 Å². The number of aromatic nitrogens is 5. The first-order chi connectivity index (χ1) is 10.1. The number of nitrogens with one attached hydrogen (secondary N) is 1. The van der Waals surface area contributed by atoms with Crippen LogP contribution in [0.2, 0.25) is 0 Å². The summed E-state index contributed by atoms with van der Waals surface area (Å²) in [5.41, 5.74) is 6.30. The number of carbonyl (C=O) groups excluding carboxylic acids is 1. The highest BCUT2D eigenvalue weighted by atomic mass is 16.2. The SMILES string of the molecule is CC(C)n1nccc1NC(=O)Cn1cc(CCCN)nn1. The number of anilines is 1. The largest absolute Gasteiger partial charge is 0.330 e. The number of hydrogen-bond acceptors (Lipinski definition) is 5. The van der Waals surface area contributed by atoms with Gasteiger partial charge in [0.2, 0.25) is 5.91 Å². The molecule has 2 aromatic heterocycles. The maximum Gasteiger partial charge on any atom is 0.247 e. The van der Waals surface area contributed by atoms with Crippen molar-refractivity contribution < 1.29 is 4.79 Å². The second kappa shape index (κ2) is 6.98. The number of aryl methyl sites for hydroxylation is 1. The van der Waals surface area contributed by atoms with Gasteiger partial charge in [-0.2, -0.15) is 5.10 Å². The van der Waals surface area contributed by atoms with Crippen molar-refractivity contribution in [1.82, 2.24) is 24.8 Å². The monoisotopic (exact) mass is 291 g/mol. The molecule has 21 heavy (non-hydrogen) atoms. The summed E-state index contributed by atoms with van der Waals surface area (Å²) in [6.07, 6.45) is 5.07. The fourth-order valence-electron chi connectivity index (χ4n) is 1.97. The molecule has 2 rings (SSSR count). The molecule has 0 aliphatic carbocycles. The minimum atomic E-state index is -0.160. The van der Waals surface area contributed by atoms with Crippen LogP contribution in [0, 0.1) is 0 Å². The van der Waals surface area contributed by atoms with Gasteiger partial charge in [0.1, 0.15) is 12.4 Å². The maximum absolute atomic E-state index is 12.0. The van der Waals surface area contributed by atoms with Crippen LogP contribution in [0.1, 0.15) is 32.0 Å². The maximum atomic E-state index is 12.0. The zero-order valence-corrected chi connectivity index (χ0v) is 12.4. The van der Waals surface area contributed by atoms with Crippen LogP contribution in [0.5, 0.6) is 0 Å². The van der Waals surface area contributed by atoms with Crippen LogP contribution in [0.4, 0.5) is 5.82 Å². The molecule has 0 unspecified atom stereocenters. The van der Waals surface area contributed by atoms with Gasteiger partial charge in [-0.3, -0.25) is 4.79 Å². The van der Waals surface area contributed by atoms with E-state index in [0.29, 0.717) is 12.4 Å². The third-order valence-electron chi connectivity index (χ3n) is 2.96. The summed E-state index contributed by atoms with van der Waals surface area (Å²) in [5.74, 6) is 0.520. The lowest BCUT2D eigenvalue weighted by Crippen LogP contribution is -2.21. The van der Waals surface area contributed by atoms with Crippen LogP contribution >= 0.6 is 0 Å². The third kappa shape index (κ3) is 4.12. The minimum absolute atomic E-state index is 0.124. The highest BCUT2D eigenvalue weighted by molar-refractivity contribution is 5.89. The predicted octanol–water partition coefficient (Wildman–Crippen LogP) is 0.585. The van der Waals surface area contributed by atoms with Crippen LogP contribution in [0.15, 0.2) is 18.5 Å². The van der Waals surface area contributed by atoms with Gasteiger partial charge >= 0.3 is 0 Å². The number of carbonyl (C=O) groups is 1. The second-order valence-corrected chi connectivity index (χ2v) is 5.10. The predicted molar refractivity (Wildman–Crippen MR) is 78.6 cm³/mol. The van der Waals surface area contributed by atoms with Crippen molar-refractivity contribution in [2.75, 3.05) is 11.9 Å². The van der Waals surface area contributed by atoms with Gasteiger partial charge in [-0.25, -0.2) is 9.36 Å². The standard InChI is InChI=1S/C13H21N7O/c1-10(2)20-12(5-7-15-20)16-13(21)9-19-8-11(17-18-19)4-3-6-14/h5,7-8,10H,3-4,6,9,14H2,1-2H3,(H,16,21). The summed E-state index contributed by atoms with van der Waals surface area (Å²) in [5, 5.41) is 14.9. The Kier molecular flexibility index (Phi) is 5.04. The normalized spacial score (nSPS) is 11.0. The number of rotatable bonds is 7. The Morgan fingerprint density at radius 2 is 2.29 bits per heavy atom. The van der Waals surface area contributed by atoms with Crippen molar-refractivity contribution in [3.05, 3.63) is 24.2 Å². The van der Waals surface area contributed by atoms with Gasteiger partial charge in [-0.1, -0.05) is 5.21 Å². The van der Waals surface area contributed by atoms with Crippen molar-refractivity contribution in [2.45, 2.75) is 39.3 Å². The van der Waals surface area contributed by atoms with Gasteiger partial charge in [0, 0.05) is 18.3 Å². The number of hydrogen-bond donors (Lipinski definition) is 2. The topological polar surface area (TPSA) is 104 Å². The van der Waals surface area contributed by atoms with Gasteiger partial charge in [-0.15, -0.1) is 5.10 Å². The Balaban J connectivity index is 1.92. The van der Waals surface area contributed by atoms with Gasteiger partial charge in [0.25, 0.3) is 0 Å². The van der Waals surface area contributed by atoms with Crippen LogP contribution in [0.25, 0.3) is 0 Å². The van der Waals surface area contributed by atoms with Crippen molar-refractivity contribution in [2.24, 2.45) is 5.73 Å². The quantitative estimate of drug-likeness (QED) is 0.777. The molecule has 8 nitrogen and oxygen atoms in total. The summed E-state index contributed by atoms with van der Waals surface area (Å²) < 4.78 is 3.28. The van der Waals surface area contributed by atoms with Crippen LogP contribution in [-0.4, -0.2) is 37.2 Å². The molecule has 0 aromatic carbocycles. The fraction of sp³-hybridized carbons (Fsp3) is 0.538. The Bertz CT molecular complexity index is 587. The van der Waals surface area contributed by atoms with E-state index in [9.17, 15) is 4.79 Å². The van der Waals surface area contributed by atoms with E-state index in [4.69, 9.17) is 5.73 Å². The molecule has 0 atom stereocenters. The molecule has 0 aliphatic rings. The van der Waals surface area contributed by atoms with E-state index in [0.717, 1.165) is 18.5 Å². The molecule has 0 saturated carbocycles. The molecule has 0 spiro atoms. The van der Waals surface area contributed by atoms with Crippen LogP contribution in [-0.2, 0) is 17.8 Å². The Hall–Kier alpha value is -2.22. The van der Waals surface area contributed by atoms with Crippen molar-refractivity contribution in [3.8, 4) is 0 Å². The lowest BCUT2D eigenvalue weighted by Gasteiger charge is -2.11. The molecule has 114 valence electrons. The number of nitrogens with two attached hydrogens (primary N) is 1. The zero-order chi connectivity index (χ0) is 15.2. The molecule has 2 heterocycles. The lowest BCUT2D eigenvalue weighted by molar-refractivity contribution is -0.117. The van der Waals surface area contributed by atoms with Gasteiger partial charge in [0.05, 0.1) is 11.9 Å². The molecule has 3 N–H and O–H groups in total. The Morgan fingerprint density at radius 1 is 1.48 bits per heavy atom. The summed E-state index contributed by atoms with van der Waals surface area (Å²) in [4.78, 5) is 12.0. The van der Waals surface area contributed by atoms with Gasteiger partial charge in [0.15, 0.2) is 0 Å². The summed E-state index contributed by atoms with van der Waals surface area (Å²) >= 11 is 0. The first kappa shape index (κ1) is 15.2. The highest BCUT2D eigenvalue weighted by Gasteiger charge is 2.11. The van der Waals surface area contributed by atoms with E-state index < -0.39 is 0 Å². The first-order valence-corrected chi connectivity index (χ1v) is 7.02. The van der Waals surface area contributed by atoms with Gasteiger partial charge in [-0.05, 0) is 33.2 Å². The lowest BCUT2D eigenvalue weighted by atomic mass is 10.2. The first-order valence-electron chi connectivity index (χ1n) is 7.02. The van der Waals surface area contributed by atoms with E-state index in [-0.39, 0.29) is 18.5 Å². The highest BCUT2D eigenvalue weighted by Crippen LogP contribution is 2.12. The minimum Gasteiger partial charge on any atom is -0.330 e. The summed E-state index contributed by atoms with van der Waals surface area (Å²) in [6, 6.07) is 1.95. The van der Waals surface area contributed by atoms with Crippen LogP contribution < -0.4 is 11.1 Å². The van der Waals surface area contributed by atoms with E-state index in [1.807, 2.05) is 13.8 Å². The average Bonchev–Trinajstić information content (AvgIpc) is 3.05. The number of nitrogens with zero attached hydrogens (tertiary/aromatic N) is 5. The second-order valence-electron chi connectivity index (χ2n) is 5.10. The molecular weight excluding hydrogens is 270 g/mol. The van der Waals surface area contributed by atoms with E-state index >= 15 is 0 Å². The third-order valence-corrected chi connectivity index (χ3v) is 2.96. The molecule has 8 heteroatoms. The molecule has 0 saturated heterocycles. The Labute approximate surface area is 123 Å². The Morgan fingerprint density at radius 3 is 3.00 bits per heavy atom.